The second-order valence-corrected chi connectivity index (χ2v) is 7.10. The molecule has 0 saturated carbocycles. The van der Waals surface area contributed by atoms with Gasteiger partial charge in [0.05, 0.1) is 16.4 Å². The molecule has 0 atom stereocenters. The zero-order chi connectivity index (χ0) is 16.8. The Morgan fingerprint density at radius 2 is 1.79 bits per heavy atom. The standard InChI is InChI=1S/C18H14Cl3N3/c1-10-8-11(19)3-5-16(10)24-18-13(6-7-22-18)17(23-24)14-9-12(20)2-4-15(14)21/h2-5,8-9,22H,6-7H2,1H3. The molecular formula is C18H14Cl3N3. The van der Waals surface area contributed by atoms with Crippen LogP contribution in [0.15, 0.2) is 36.4 Å². The minimum atomic E-state index is 0.645. The molecule has 0 unspecified atom stereocenters. The fourth-order valence-corrected chi connectivity index (χ4v) is 3.71. The highest BCUT2D eigenvalue weighted by Crippen LogP contribution is 2.39. The van der Waals surface area contributed by atoms with Crippen molar-refractivity contribution in [2.45, 2.75) is 13.3 Å². The molecule has 1 aromatic heterocycles. The van der Waals surface area contributed by atoms with Crippen molar-refractivity contribution in [3.05, 3.63) is 62.6 Å². The maximum absolute atomic E-state index is 6.39. The van der Waals surface area contributed by atoms with Gasteiger partial charge in [0, 0.05) is 27.7 Å². The average Bonchev–Trinajstić information content (AvgIpc) is 3.13. The van der Waals surface area contributed by atoms with Gasteiger partial charge in [0.2, 0.25) is 0 Å². The van der Waals surface area contributed by atoms with E-state index in [9.17, 15) is 0 Å². The summed E-state index contributed by atoms with van der Waals surface area (Å²) in [4.78, 5) is 0. The Morgan fingerprint density at radius 1 is 1.04 bits per heavy atom. The molecule has 0 amide bonds. The summed E-state index contributed by atoms with van der Waals surface area (Å²) in [7, 11) is 0. The Morgan fingerprint density at radius 3 is 2.58 bits per heavy atom. The molecule has 4 rings (SSSR count). The van der Waals surface area contributed by atoms with Crippen LogP contribution in [0.25, 0.3) is 16.9 Å². The zero-order valence-electron chi connectivity index (χ0n) is 12.9. The first-order valence-corrected chi connectivity index (χ1v) is 8.75. The van der Waals surface area contributed by atoms with Gasteiger partial charge in [-0.2, -0.15) is 5.10 Å². The molecule has 0 aliphatic carbocycles. The van der Waals surface area contributed by atoms with Crippen molar-refractivity contribution in [3.63, 3.8) is 0 Å². The van der Waals surface area contributed by atoms with E-state index in [0.717, 1.165) is 46.9 Å². The number of fused-ring (bicyclic) bond motifs is 1. The highest BCUT2D eigenvalue weighted by Gasteiger charge is 2.25. The van der Waals surface area contributed by atoms with E-state index in [2.05, 4.69) is 5.32 Å². The van der Waals surface area contributed by atoms with Crippen LogP contribution >= 0.6 is 34.8 Å². The van der Waals surface area contributed by atoms with Gasteiger partial charge in [-0.1, -0.05) is 34.8 Å². The van der Waals surface area contributed by atoms with Crippen molar-refractivity contribution in [1.82, 2.24) is 9.78 Å². The van der Waals surface area contributed by atoms with Crippen LogP contribution < -0.4 is 5.32 Å². The van der Waals surface area contributed by atoms with Crippen LogP contribution in [0.4, 0.5) is 5.82 Å². The highest BCUT2D eigenvalue weighted by molar-refractivity contribution is 6.35. The third-order valence-corrected chi connectivity index (χ3v) is 5.02. The summed E-state index contributed by atoms with van der Waals surface area (Å²) >= 11 is 18.6. The van der Waals surface area contributed by atoms with Crippen LogP contribution in [0.2, 0.25) is 15.1 Å². The lowest BCUT2D eigenvalue weighted by Crippen LogP contribution is -2.05. The summed E-state index contributed by atoms with van der Waals surface area (Å²) < 4.78 is 1.93. The number of nitrogens with zero attached hydrogens (tertiary/aromatic N) is 2. The average molecular weight is 379 g/mol. The van der Waals surface area contributed by atoms with Crippen LogP contribution in [0.1, 0.15) is 11.1 Å². The first kappa shape index (κ1) is 15.8. The minimum Gasteiger partial charge on any atom is -0.369 e. The van der Waals surface area contributed by atoms with Crippen LogP contribution in [-0.2, 0) is 6.42 Å². The molecule has 2 aromatic carbocycles. The molecular weight excluding hydrogens is 365 g/mol. The number of aryl methyl sites for hydroxylation is 1. The molecule has 3 nitrogen and oxygen atoms in total. The van der Waals surface area contributed by atoms with Gasteiger partial charge in [-0.25, -0.2) is 4.68 Å². The van der Waals surface area contributed by atoms with Gasteiger partial charge in [0.15, 0.2) is 0 Å². The number of halogens is 3. The fraction of sp³-hybridized carbons (Fsp3) is 0.167. The molecule has 24 heavy (non-hydrogen) atoms. The summed E-state index contributed by atoms with van der Waals surface area (Å²) in [6.45, 7) is 2.90. The molecule has 1 N–H and O–H groups in total. The molecule has 122 valence electrons. The number of anilines is 1. The van der Waals surface area contributed by atoms with Gasteiger partial charge in [0.25, 0.3) is 0 Å². The SMILES string of the molecule is Cc1cc(Cl)ccc1-n1nc(-c2cc(Cl)ccc2Cl)c2c1NCC2. The summed E-state index contributed by atoms with van der Waals surface area (Å²) in [6, 6.07) is 11.2. The third kappa shape index (κ3) is 2.57. The van der Waals surface area contributed by atoms with Gasteiger partial charge < -0.3 is 5.32 Å². The van der Waals surface area contributed by atoms with E-state index in [1.165, 1.54) is 0 Å². The predicted molar refractivity (Wildman–Crippen MR) is 101 cm³/mol. The third-order valence-electron chi connectivity index (χ3n) is 4.22. The summed E-state index contributed by atoms with van der Waals surface area (Å²) in [5.74, 6) is 1.01. The summed E-state index contributed by atoms with van der Waals surface area (Å²) in [6.07, 6.45) is 0.903. The molecule has 1 aliphatic heterocycles. The monoisotopic (exact) mass is 377 g/mol. The number of nitrogens with one attached hydrogen (secondary N) is 1. The van der Waals surface area contributed by atoms with Crippen molar-refractivity contribution in [3.8, 4) is 16.9 Å². The first-order chi connectivity index (χ1) is 11.5. The Kier molecular flexibility index (Phi) is 3.95. The Balaban J connectivity index is 1.94. The van der Waals surface area contributed by atoms with Crippen molar-refractivity contribution >= 4 is 40.6 Å². The number of hydrogen-bond donors (Lipinski definition) is 1. The van der Waals surface area contributed by atoms with Crippen molar-refractivity contribution in [2.75, 3.05) is 11.9 Å². The van der Waals surface area contributed by atoms with Crippen molar-refractivity contribution in [2.24, 2.45) is 0 Å². The zero-order valence-corrected chi connectivity index (χ0v) is 15.2. The smallest absolute Gasteiger partial charge is 0.133 e. The van der Waals surface area contributed by atoms with Crippen LogP contribution in [-0.4, -0.2) is 16.3 Å². The normalized spacial score (nSPS) is 13.0. The second kappa shape index (κ2) is 5.99. The van der Waals surface area contributed by atoms with Crippen LogP contribution in [0.5, 0.6) is 0 Å². The van der Waals surface area contributed by atoms with E-state index in [0.29, 0.717) is 15.1 Å². The number of benzene rings is 2. The molecule has 0 radical (unpaired) electrons. The van der Waals surface area contributed by atoms with E-state index in [1.54, 1.807) is 12.1 Å². The largest absolute Gasteiger partial charge is 0.369 e. The van der Waals surface area contributed by atoms with Gasteiger partial charge in [-0.15, -0.1) is 0 Å². The summed E-state index contributed by atoms with van der Waals surface area (Å²) in [5.41, 5.74) is 4.94. The topological polar surface area (TPSA) is 29.9 Å². The molecule has 0 spiro atoms. The maximum Gasteiger partial charge on any atom is 0.133 e. The lowest BCUT2D eigenvalue weighted by molar-refractivity contribution is 0.875. The number of rotatable bonds is 2. The summed E-state index contributed by atoms with van der Waals surface area (Å²) in [5, 5.41) is 10.3. The minimum absolute atomic E-state index is 0.645. The van der Waals surface area contributed by atoms with Gasteiger partial charge in [-0.05, 0) is 55.3 Å². The molecule has 3 aromatic rings. The Hall–Kier alpha value is -1.68. The second-order valence-electron chi connectivity index (χ2n) is 5.82. The van der Waals surface area contributed by atoms with Gasteiger partial charge in [-0.3, -0.25) is 0 Å². The predicted octanol–water partition coefficient (Wildman–Crippen LogP) is 5.78. The lowest BCUT2D eigenvalue weighted by Gasteiger charge is -2.10. The van der Waals surface area contributed by atoms with Gasteiger partial charge >= 0.3 is 0 Å². The highest BCUT2D eigenvalue weighted by atomic mass is 35.5. The molecule has 0 fully saturated rings. The lowest BCUT2D eigenvalue weighted by atomic mass is 10.1. The van der Waals surface area contributed by atoms with Crippen LogP contribution in [0.3, 0.4) is 0 Å². The van der Waals surface area contributed by atoms with Crippen LogP contribution in [0, 0.1) is 6.92 Å². The molecule has 0 saturated heterocycles. The number of hydrogen-bond acceptors (Lipinski definition) is 2. The van der Waals surface area contributed by atoms with E-state index in [1.807, 2.05) is 35.9 Å². The van der Waals surface area contributed by atoms with E-state index in [4.69, 9.17) is 39.9 Å². The fourth-order valence-electron chi connectivity index (χ4n) is 3.10. The molecule has 2 heterocycles. The van der Waals surface area contributed by atoms with Gasteiger partial charge in [0.1, 0.15) is 5.82 Å². The Labute approximate surface area is 155 Å². The Bertz CT molecular complexity index is 947. The molecule has 6 heteroatoms. The quantitative estimate of drug-likeness (QED) is 0.613. The van der Waals surface area contributed by atoms with Crippen molar-refractivity contribution < 1.29 is 0 Å². The van der Waals surface area contributed by atoms with E-state index < -0.39 is 0 Å². The molecule has 0 bridgehead atoms. The molecule has 1 aliphatic rings. The number of aromatic nitrogens is 2. The van der Waals surface area contributed by atoms with Crippen molar-refractivity contribution in [1.29, 1.82) is 0 Å². The maximum atomic E-state index is 6.39. The van der Waals surface area contributed by atoms with E-state index in [-0.39, 0.29) is 0 Å². The first-order valence-electron chi connectivity index (χ1n) is 7.62. The van der Waals surface area contributed by atoms with E-state index >= 15 is 0 Å².